The molecule has 4 heteroatoms. The van der Waals surface area contributed by atoms with Gasteiger partial charge in [-0.1, -0.05) is 0 Å². The second-order valence-electron chi connectivity index (χ2n) is 9.97. The molecule has 31 heavy (non-hydrogen) atoms. The molecule has 0 N–H and O–H groups in total. The zero-order chi connectivity index (χ0) is 20.0. The molecule has 0 nitrogen and oxygen atoms in total. The second-order valence-corrected chi connectivity index (χ2v) is 21.8. The van der Waals surface area contributed by atoms with E-state index in [4.69, 9.17) is 0 Å². The minimum Gasteiger partial charge on any atom is -1.00 e. The van der Waals surface area contributed by atoms with E-state index in [0.29, 0.717) is 3.63 Å². The summed E-state index contributed by atoms with van der Waals surface area (Å²) in [5, 5.41) is 1.71. The topological polar surface area (TPSA) is 0 Å². The van der Waals surface area contributed by atoms with Crippen molar-refractivity contribution in [2.45, 2.75) is 61.8 Å². The molecule has 0 atom stereocenters. The minimum atomic E-state index is -2.02. The fourth-order valence-electron chi connectivity index (χ4n) is 5.57. The van der Waals surface area contributed by atoms with Gasteiger partial charge in [-0.3, -0.25) is 0 Å². The Morgan fingerprint density at radius 3 is 1.84 bits per heavy atom. The third-order valence-electron chi connectivity index (χ3n) is 7.04. The van der Waals surface area contributed by atoms with Crippen LogP contribution in [0, 0.1) is 0 Å². The van der Waals surface area contributed by atoms with Gasteiger partial charge in [0.15, 0.2) is 0 Å². The normalized spacial score (nSPS) is 17.4. The minimum absolute atomic E-state index is 0. The Morgan fingerprint density at radius 2 is 1.32 bits per heavy atom. The Balaban J connectivity index is 0.00000136. The molecule has 0 aliphatic heterocycles. The molecule has 0 saturated heterocycles. The smallest absolute Gasteiger partial charge is 1.00 e. The van der Waals surface area contributed by atoms with Crippen LogP contribution in [0.1, 0.15) is 53.3 Å². The van der Waals surface area contributed by atoms with Gasteiger partial charge < -0.3 is 24.8 Å². The fraction of sp³-hybridized carbons (Fsp3) is 0.370. The average Bonchev–Trinajstić information content (AvgIpc) is 3.34. The van der Waals surface area contributed by atoms with Crippen molar-refractivity contribution in [3.8, 4) is 11.1 Å². The third-order valence-corrected chi connectivity index (χ3v) is 17.7. The first-order chi connectivity index (χ1) is 14.0. The predicted octanol–water partition coefficient (Wildman–Crippen LogP) is 1.61. The van der Waals surface area contributed by atoms with Crippen LogP contribution < -0.4 is 24.8 Å². The molecule has 2 aromatic rings. The van der Waals surface area contributed by atoms with E-state index in [1.54, 1.807) is 16.3 Å². The summed E-state index contributed by atoms with van der Waals surface area (Å²) < 4.78 is 4.60. The van der Waals surface area contributed by atoms with E-state index < -0.39 is 29.3 Å². The molecule has 0 amide bonds. The van der Waals surface area contributed by atoms with Gasteiger partial charge >= 0.3 is 186 Å². The zero-order valence-electron chi connectivity index (χ0n) is 18.8. The second kappa shape index (κ2) is 10.2. The molecule has 1 fully saturated rings. The summed E-state index contributed by atoms with van der Waals surface area (Å²) in [4.78, 5) is 0. The molecule has 0 bridgehead atoms. The molecule has 0 spiro atoms. The van der Waals surface area contributed by atoms with E-state index in [1.807, 2.05) is 6.49 Å². The van der Waals surface area contributed by atoms with Crippen molar-refractivity contribution in [3.63, 3.8) is 0 Å². The molecule has 3 aliphatic rings. The summed E-state index contributed by atoms with van der Waals surface area (Å²) >= 11 is -2.02. The van der Waals surface area contributed by atoms with E-state index >= 15 is 0 Å². The largest absolute Gasteiger partial charge is 1.00 e. The number of hydrogen-bond donors (Lipinski definition) is 0. The Hall–Kier alpha value is -0.530. The standard InChI is InChI=1S/C13H9.C8H13Si.C6H10.2ClH.Zr/c1-3-7-12-10(5-1)9-11-6-2-4-8-13(11)12;1-9(2,3)8-6-4-5-7-8;1-2-4-6-5-3-1;;;/h1-9H;6-7H,4H2,1-3H3;1-5H2;2*1H;/q;;;;;+2/p-2. The molecule has 3 aliphatic carbocycles. The average molecular weight is 547 g/mol. The van der Waals surface area contributed by atoms with Gasteiger partial charge in [0, 0.05) is 0 Å². The molecule has 0 unspecified atom stereocenters. The Kier molecular flexibility index (Phi) is 8.23. The molecule has 2 aromatic carbocycles. The number of benzene rings is 2. The molecule has 0 aromatic heterocycles. The summed E-state index contributed by atoms with van der Waals surface area (Å²) in [6.45, 7) is 7.53. The van der Waals surface area contributed by atoms with Gasteiger partial charge in [0.2, 0.25) is 0 Å². The quantitative estimate of drug-likeness (QED) is 0.514. The van der Waals surface area contributed by atoms with Crippen LogP contribution in [-0.4, -0.2) is 11.3 Å². The fourth-order valence-corrected chi connectivity index (χ4v) is 16.8. The maximum atomic E-state index is 2.71. The Bertz CT molecular complexity index is 1010. The predicted molar refractivity (Wildman–Crippen MR) is 126 cm³/mol. The van der Waals surface area contributed by atoms with Crippen molar-refractivity contribution in [2.24, 2.45) is 0 Å². The van der Waals surface area contributed by atoms with Crippen LogP contribution in [0.5, 0.6) is 0 Å². The first-order valence-electron chi connectivity index (χ1n) is 11.4. The van der Waals surface area contributed by atoms with E-state index in [1.165, 1.54) is 49.7 Å². The number of rotatable bonds is 3. The van der Waals surface area contributed by atoms with Gasteiger partial charge in [0.25, 0.3) is 0 Å². The maximum Gasteiger partial charge on any atom is -1.00 e. The Morgan fingerprint density at radius 1 is 0.774 bits per heavy atom. The molecular formula is C27H32Cl2SiZr. The summed E-state index contributed by atoms with van der Waals surface area (Å²) in [6.07, 6.45) is 13.7. The van der Waals surface area contributed by atoms with Crippen LogP contribution in [-0.2, 0) is 21.3 Å². The summed E-state index contributed by atoms with van der Waals surface area (Å²) in [5.41, 5.74) is 6.31. The summed E-state index contributed by atoms with van der Waals surface area (Å²) in [7, 11) is -1.24. The van der Waals surface area contributed by atoms with E-state index in [-0.39, 0.29) is 24.8 Å². The monoisotopic (exact) mass is 544 g/mol. The maximum absolute atomic E-state index is 2.71. The van der Waals surface area contributed by atoms with Crippen LogP contribution >= 0.6 is 0 Å². The number of fused-ring (bicyclic) bond motifs is 3. The molecule has 5 rings (SSSR count). The van der Waals surface area contributed by atoms with Crippen LogP contribution in [0.25, 0.3) is 11.1 Å². The molecule has 1 saturated carbocycles. The van der Waals surface area contributed by atoms with Crippen LogP contribution in [0.2, 0.25) is 19.6 Å². The third kappa shape index (κ3) is 4.74. The van der Waals surface area contributed by atoms with Crippen LogP contribution in [0.3, 0.4) is 0 Å². The van der Waals surface area contributed by atoms with Crippen molar-refractivity contribution in [1.29, 1.82) is 0 Å². The van der Waals surface area contributed by atoms with Gasteiger partial charge in [-0.15, -0.1) is 0 Å². The first kappa shape index (κ1) is 25.1. The van der Waals surface area contributed by atoms with Crippen LogP contribution in [0.4, 0.5) is 0 Å². The molecule has 0 radical (unpaired) electrons. The van der Waals surface area contributed by atoms with Gasteiger partial charge in [-0.25, -0.2) is 0 Å². The van der Waals surface area contributed by atoms with Crippen molar-refractivity contribution in [1.82, 2.24) is 0 Å². The summed E-state index contributed by atoms with van der Waals surface area (Å²) in [6, 6.07) is 18.7. The first-order valence-corrected chi connectivity index (χ1v) is 18.7. The van der Waals surface area contributed by atoms with Crippen LogP contribution in [0.15, 0.2) is 69.2 Å². The van der Waals surface area contributed by atoms with E-state index in [2.05, 4.69) is 80.3 Å². The zero-order valence-corrected chi connectivity index (χ0v) is 23.8. The van der Waals surface area contributed by atoms with Crippen molar-refractivity contribution >= 4 is 11.3 Å². The van der Waals surface area contributed by atoms with Crippen molar-refractivity contribution in [2.75, 3.05) is 0 Å². The summed E-state index contributed by atoms with van der Waals surface area (Å²) in [5.74, 6) is 0. The molecule has 162 valence electrons. The number of allylic oxidation sites excluding steroid dienone is 4. The Labute approximate surface area is 209 Å². The van der Waals surface area contributed by atoms with Gasteiger partial charge in [-0.2, -0.15) is 0 Å². The van der Waals surface area contributed by atoms with E-state index in [0.717, 1.165) is 0 Å². The SMILES string of the molecule is C[Si](C)(C)C1=CC[C]([Zr+2](=[C]2CCCCC2)[CH]2c3ccccc3-c3ccccc32)=C1.[Cl-].[Cl-]. The molecular weight excluding hydrogens is 515 g/mol. The van der Waals surface area contributed by atoms with Gasteiger partial charge in [0.05, 0.1) is 0 Å². The number of halogens is 2. The van der Waals surface area contributed by atoms with Crippen molar-refractivity contribution in [3.05, 3.63) is 80.3 Å². The number of hydrogen-bond acceptors (Lipinski definition) is 0. The van der Waals surface area contributed by atoms with Crippen molar-refractivity contribution < 1.29 is 46.1 Å². The van der Waals surface area contributed by atoms with E-state index in [9.17, 15) is 0 Å². The van der Waals surface area contributed by atoms with Gasteiger partial charge in [-0.05, 0) is 0 Å². The molecule has 0 heterocycles. The van der Waals surface area contributed by atoms with Gasteiger partial charge in [0.1, 0.15) is 0 Å².